The van der Waals surface area contributed by atoms with Gasteiger partial charge in [0.1, 0.15) is 17.4 Å². The van der Waals surface area contributed by atoms with E-state index in [2.05, 4.69) is 4.98 Å². The van der Waals surface area contributed by atoms with Crippen LogP contribution in [0.4, 0.5) is 13.2 Å². The van der Waals surface area contributed by atoms with Gasteiger partial charge in [0, 0.05) is 18.4 Å². The number of esters is 1. The van der Waals surface area contributed by atoms with Crippen molar-refractivity contribution in [1.29, 1.82) is 0 Å². The Morgan fingerprint density at radius 3 is 2.33 bits per heavy atom. The van der Waals surface area contributed by atoms with Crippen LogP contribution in [0.1, 0.15) is 28.6 Å². The van der Waals surface area contributed by atoms with Crippen molar-refractivity contribution < 1.29 is 36.9 Å². The van der Waals surface area contributed by atoms with Crippen LogP contribution in [0.15, 0.2) is 48.5 Å². The van der Waals surface area contributed by atoms with Gasteiger partial charge in [0.2, 0.25) is 0 Å². The second-order valence-corrected chi connectivity index (χ2v) is 9.75. The molecule has 0 N–H and O–H groups in total. The average molecular weight is 522 g/mol. The zero-order valence-electron chi connectivity index (χ0n) is 20.1. The molecule has 0 atom stereocenters. The minimum atomic E-state index is -4.37. The Balaban J connectivity index is 1.31. The van der Waals surface area contributed by atoms with Gasteiger partial charge in [-0.05, 0) is 43.2 Å². The van der Waals surface area contributed by atoms with Gasteiger partial charge in [0.25, 0.3) is 5.79 Å². The van der Waals surface area contributed by atoms with E-state index in [0.717, 1.165) is 34.7 Å². The molecule has 36 heavy (non-hydrogen) atoms. The zero-order valence-corrected chi connectivity index (χ0v) is 20.9. The van der Waals surface area contributed by atoms with Crippen molar-refractivity contribution in [3.05, 3.63) is 70.2 Å². The molecule has 1 fully saturated rings. The quantitative estimate of drug-likeness (QED) is 0.366. The molecule has 0 spiro atoms. The van der Waals surface area contributed by atoms with Gasteiger partial charge in [0.15, 0.2) is 0 Å². The number of hydrogen-bond acceptors (Lipinski definition) is 7. The van der Waals surface area contributed by atoms with Gasteiger partial charge in [-0.2, -0.15) is 13.2 Å². The van der Waals surface area contributed by atoms with Crippen LogP contribution >= 0.6 is 11.3 Å². The number of alkyl halides is 3. The SMILES string of the molecule is COC(=O)[C@]1(C)OC[C@@H](Cc2ccc(OCc3sc(-c4ccc(C(F)(F)F)cc4)nc3C)cc2)CO1. The molecule has 1 saturated heterocycles. The van der Waals surface area contributed by atoms with E-state index in [1.54, 1.807) is 6.92 Å². The molecule has 0 saturated carbocycles. The van der Waals surface area contributed by atoms with Gasteiger partial charge >= 0.3 is 12.1 Å². The Kier molecular flexibility index (Phi) is 7.67. The van der Waals surface area contributed by atoms with Gasteiger partial charge < -0.3 is 18.9 Å². The van der Waals surface area contributed by atoms with Crippen LogP contribution in [0.5, 0.6) is 5.75 Å². The second-order valence-electron chi connectivity index (χ2n) is 8.66. The third-order valence-electron chi connectivity index (χ3n) is 5.91. The smallest absolute Gasteiger partial charge is 0.416 e. The number of methoxy groups -OCH3 is 1. The van der Waals surface area contributed by atoms with Crippen molar-refractivity contribution in [3.8, 4) is 16.3 Å². The maximum absolute atomic E-state index is 12.8. The van der Waals surface area contributed by atoms with Crippen LogP contribution in [0.3, 0.4) is 0 Å². The average Bonchev–Trinajstić information content (AvgIpc) is 3.24. The summed E-state index contributed by atoms with van der Waals surface area (Å²) >= 11 is 1.40. The van der Waals surface area contributed by atoms with Crippen molar-refractivity contribution >= 4 is 17.3 Å². The maximum Gasteiger partial charge on any atom is 0.416 e. The standard InChI is InChI=1S/C26H26F3NO5S/c1-16-22(36-23(30-16)19-6-8-20(9-7-19)26(27,28)29)15-33-21-10-4-17(5-11-21)12-18-13-34-25(2,35-14-18)24(31)32-3/h4-11,18H,12-15H2,1-3H3/t18-,25-. The number of aryl methyl sites for hydroxylation is 1. The van der Waals surface area contributed by atoms with Gasteiger partial charge in [0.05, 0.1) is 36.5 Å². The number of thiazole rings is 1. The Morgan fingerprint density at radius 1 is 1.11 bits per heavy atom. The fraction of sp³-hybridized carbons (Fsp3) is 0.385. The summed E-state index contributed by atoms with van der Waals surface area (Å²) in [7, 11) is 1.30. The molecule has 10 heteroatoms. The lowest BCUT2D eigenvalue weighted by atomic mass is 9.99. The number of ether oxygens (including phenoxy) is 4. The van der Waals surface area contributed by atoms with Gasteiger partial charge in [-0.25, -0.2) is 9.78 Å². The lowest BCUT2D eigenvalue weighted by Gasteiger charge is -2.35. The van der Waals surface area contributed by atoms with Crippen LogP contribution in [0, 0.1) is 12.8 Å². The number of aromatic nitrogens is 1. The molecule has 3 aromatic rings. The fourth-order valence-electron chi connectivity index (χ4n) is 3.76. The molecule has 1 aliphatic heterocycles. The van der Waals surface area contributed by atoms with Crippen LogP contribution in [-0.2, 0) is 38.2 Å². The van der Waals surface area contributed by atoms with E-state index in [4.69, 9.17) is 18.9 Å². The Bertz CT molecular complexity index is 1180. The first-order chi connectivity index (χ1) is 17.1. The summed E-state index contributed by atoms with van der Waals surface area (Å²) in [6.07, 6.45) is -3.64. The summed E-state index contributed by atoms with van der Waals surface area (Å²) in [5.74, 6) is -1.11. The first-order valence-corrected chi connectivity index (χ1v) is 12.1. The molecule has 0 amide bonds. The zero-order chi connectivity index (χ0) is 25.9. The van der Waals surface area contributed by atoms with Gasteiger partial charge in [-0.1, -0.05) is 24.3 Å². The van der Waals surface area contributed by atoms with Crippen LogP contribution in [0.2, 0.25) is 0 Å². The van der Waals surface area contributed by atoms with Gasteiger partial charge in [-0.3, -0.25) is 0 Å². The molecule has 0 bridgehead atoms. The van der Waals surface area contributed by atoms with Crippen LogP contribution in [0.25, 0.3) is 10.6 Å². The summed E-state index contributed by atoms with van der Waals surface area (Å²) in [5.41, 5.74) is 1.81. The van der Waals surface area contributed by atoms with E-state index in [0.29, 0.717) is 36.1 Å². The molecule has 192 valence electrons. The lowest BCUT2D eigenvalue weighted by molar-refractivity contribution is -0.272. The van der Waals surface area contributed by atoms with Crippen LogP contribution < -0.4 is 4.74 Å². The number of halogens is 3. The lowest BCUT2D eigenvalue weighted by Crippen LogP contribution is -2.48. The second kappa shape index (κ2) is 10.6. The summed E-state index contributed by atoms with van der Waals surface area (Å²) < 4.78 is 60.3. The molecule has 0 unspecified atom stereocenters. The minimum Gasteiger partial charge on any atom is -0.488 e. The predicted octanol–water partition coefficient (Wildman–Crippen LogP) is 5.81. The van der Waals surface area contributed by atoms with E-state index in [9.17, 15) is 18.0 Å². The highest BCUT2D eigenvalue weighted by Gasteiger charge is 2.41. The number of hydrogen-bond donors (Lipinski definition) is 0. The third kappa shape index (κ3) is 6.05. The highest BCUT2D eigenvalue weighted by molar-refractivity contribution is 7.15. The van der Waals surface area contributed by atoms with Crippen LogP contribution in [-0.4, -0.2) is 37.1 Å². The van der Waals surface area contributed by atoms with E-state index in [1.807, 2.05) is 31.2 Å². The molecule has 4 rings (SSSR count). The fourth-order valence-corrected chi connectivity index (χ4v) is 4.74. The molecule has 1 aromatic heterocycles. The molecule has 6 nitrogen and oxygen atoms in total. The van der Waals surface area contributed by atoms with E-state index in [-0.39, 0.29) is 5.92 Å². The van der Waals surface area contributed by atoms with E-state index >= 15 is 0 Å². The van der Waals surface area contributed by atoms with Gasteiger partial charge in [-0.15, -0.1) is 11.3 Å². The molecular formula is C26H26F3NO5S. The number of nitrogens with zero attached hydrogens (tertiary/aromatic N) is 1. The van der Waals surface area contributed by atoms with E-state index in [1.165, 1.54) is 30.6 Å². The minimum absolute atomic E-state index is 0.109. The molecular weight excluding hydrogens is 495 g/mol. The summed E-state index contributed by atoms with van der Waals surface area (Å²) in [6.45, 7) is 4.48. The number of carbonyl (C=O) groups is 1. The number of carbonyl (C=O) groups excluding carboxylic acids is 1. The number of benzene rings is 2. The molecule has 0 aliphatic carbocycles. The summed E-state index contributed by atoms with van der Waals surface area (Å²) in [4.78, 5) is 17.2. The Morgan fingerprint density at radius 2 is 1.75 bits per heavy atom. The van der Waals surface area contributed by atoms with Crippen molar-refractivity contribution in [1.82, 2.24) is 4.98 Å². The Labute approximate surface area is 211 Å². The largest absolute Gasteiger partial charge is 0.488 e. The highest BCUT2D eigenvalue weighted by atomic mass is 32.1. The van der Waals surface area contributed by atoms with Crippen molar-refractivity contribution in [2.75, 3.05) is 20.3 Å². The Hall–Kier alpha value is -2.95. The monoisotopic (exact) mass is 521 g/mol. The number of rotatable bonds is 7. The topological polar surface area (TPSA) is 66.9 Å². The molecule has 1 aliphatic rings. The third-order valence-corrected chi connectivity index (χ3v) is 7.09. The van der Waals surface area contributed by atoms with Crippen molar-refractivity contribution in [2.24, 2.45) is 5.92 Å². The van der Waals surface area contributed by atoms with Crippen molar-refractivity contribution in [2.45, 2.75) is 38.8 Å². The molecule has 2 heterocycles. The normalized spacial score (nSPS) is 20.2. The maximum atomic E-state index is 12.8. The van der Waals surface area contributed by atoms with Crippen molar-refractivity contribution in [3.63, 3.8) is 0 Å². The molecule has 0 radical (unpaired) electrons. The molecule has 2 aromatic carbocycles. The summed E-state index contributed by atoms with van der Waals surface area (Å²) in [6, 6.07) is 12.7. The predicted molar refractivity (Wildman–Crippen MR) is 128 cm³/mol. The summed E-state index contributed by atoms with van der Waals surface area (Å²) in [5, 5.41) is 0.649. The first kappa shape index (κ1) is 26.1. The first-order valence-electron chi connectivity index (χ1n) is 11.3. The highest BCUT2D eigenvalue weighted by Crippen LogP contribution is 2.33. The van der Waals surface area contributed by atoms with E-state index < -0.39 is 23.5 Å².